The van der Waals surface area contributed by atoms with Crippen LogP contribution in [0.1, 0.15) is 5.56 Å². The van der Waals surface area contributed by atoms with E-state index in [0.29, 0.717) is 11.6 Å². The lowest BCUT2D eigenvalue weighted by atomic mass is 10.3. The van der Waals surface area contributed by atoms with Crippen LogP contribution in [0, 0.1) is 0 Å². The maximum atomic E-state index is 11.5. The minimum absolute atomic E-state index is 0.196. The molecule has 0 fully saturated rings. The van der Waals surface area contributed by atoms with Crippen LogP contribution < -0.4 is 10.5 Å². The highest BCUT2D eigenvalue weighted by atomic mass is 79.9. The van der Waals surface area contributed by atoms with Gasteiger partial charge in [0.2, 0.25) is 5.88 Å². The Labute approximate surface area is 125 Å². The molecule has 1 aromatic carbocycles. The van der Waals surface area contributed by atoms with Crippen molar-refractivity contribution in [3.63, 3.8) is 0 Å². The summed E-state index contributed by atoms with van der Waals surface area (Å²) in [6, 6.07) is 8.06. The molecule has 2 aromatic rings. The first-order valence-corrected chi connectivity index (χ1v) is 8.41. The van der Waals surface area contributed by atoms with Crippen LogP contribution in [0.2, 0.25) is 0 Å². The SMILES string of the molecule is CS(=O)(=O)c1cccc(Oc2ncc(Br)cc2CN)c1. The second-order valence-corrected chi connectivity index (χ2v) is 7.10. The van der Waals surface area contributed by atoms with Gasteiger partial charge in [-0.05, 0) is 40.2 Å². The number of benzene rings is 1. The summed E-state index contributed by atoms with van der Waals surface area (Å²) in [4.78, 5) is 4.33. The Kier molecular flexibility index (Phi) is 4.42. The van der Waals surface area contributed by atoms with E-state index in [9.17, 15) is 8.42 Å². The second kappa shape index (κ2) is 5.90. The molecule has 0 radical (unpaired) electrons. The molecule has 2 N–H and O–H groups in total. The Morgan fingerprint density at radius 1 is 1.35 bits per heavy atom. The fourth-order valence-corrected chi connectivity index (χ4v) is 2.62. The normalized spacial score (nSPS) is 11.3. The number of aromatic nitrogens is 1. The third-order valence-corrected chi connectivity index (χ3v) is 4.10. The molecule has 1 heterocycles. The Morgan fingerprint density at radius 2 is 2.10 bits per heavy atom. The van der Waals surface area contributed by atoms with E-state index < -0.39 is 9.84 Å². The van der Waals surface area contributed by atoms with Crippen LogP contribution in [0.15, 0.2) is 45.9 Å². The molecule has 0 bridgehead atoms. The van der Waals surface area contributed by atoms with Crippen LogP contribution in [0.3, 0.4) is 0 Å². The maximum absolute atomic E-state index is 11.5. The van der Waals surface area contributed by atoms with E-state index in [1.807, 2.05) is 6.07 Å². The van der Waals surface area contributed by atoms with Crippen molar-refractivity contribution in [1.82, 2.24) is 4.98 Å². The monoisotopic (exact) mass is 356 g/mol. The summed E-state index contributed by atoms with van der Waals surface area (Å²) < 4.78 is 29.4. The van der Waals surface area contributed by atoms with Gasteiger partial charge in [-0.3, -0.25) is 0 Å². The van der Waals surface area contributed by atoms with Gasteiger partial charge in [-0.15, -0.1) is 0 Å². The lowest BCUT2D eigenvalue weighted by Crippen LogP contribution is -2.02. The molecule has 0 aliphatic rings. The Bertz CT molecular complexity index is 732. The average molecular weight is 357 g/mol. The Balaban J connectivity index is 2.36. The summed E-state index contributed by atoms with van der Waals surface area (Å²) in [5, 5.41) is 0. The van der Waals surface area contributed by atoms with Crippen LogP contribution in [0.4, 0.5) is 0 Å². The lowest BCUT2D eigenvalue weighted by molar-refractivity contribution is 0.454. The van der Waals surface area contributed by atoms with Gasteiger partial charge in [0.1, 0.15) is 5.75 Å². The molecule has 0 saturated carbocycles. The number of nitrogens with two attached hydrogens (primary N) is 1. The highest BCUT2D eigenvalue weighted by molar-refractivity contribution is 9.10. The van der Waals surface area contributed by atoms with Gasteiger partial charge in [0.25, 0.3) is 0 Å². The lowest BCUT2D eigenvalue weighted by Gasteiger charge is -2.10. The summed E-state index contributed by atoms with van der Waals surface area (Å²) in [6.45, 7) is 0.271. The van der Waals surface area contributed by atoms with Crippen LogP contribution >= 0.6 is 15.9 Å². The molecule has 106 valence electrons. The molecule has 2 rings (SSSR count). The predicted molar refractivity (Wildman–Crippen MR) is 79.5 cm³/mol. The van der Waals surface area contributed by atoms with Crippen molar-refractivity contribution in [1.29, 1.82) is 0 Å². The van der Waals surface area contributed by atoms with Gasteiger partial charge in [-0.25, -0.2) is 13.4 Å². The highest BCUT2D eigenvalue weighted by Crippen LogP contribution is 2.26. The molecule has 0 atom stereocenters. The van der Waals surface area contributed by atoms with E-state index in [2.05, 4.69) is 20.9 Å². The van der Waals surface area contributed by atoms with Crippen molar-refractivity contribution in [2.75, 3.05) is 6.26 Å². The number of sulfone groups is 1. The summed E-state index contributed by atoms with van der Waals surface area (Å²) in [6.07, 6.45) is 2.74. The van der Waals surface area contributed by atoms with Crippen LogP contribution in [0.5, 0.6) is 11.6 Å². The molecule has 7 heteroatoms. The molecular formula is C13H13BrN2O3S. The molecule has 0 aliphatic heterocycles. The Hall–Kier alpha value is -1.44. The first kappa shape index (κ1) is 15.0. The van der Waals surface area contributed by atoms with Crippen molar-refractivity contribution in [2.24, 2.45) is 5.73 Å². The number of pyridine rings is 1. The van der Waals surface area contributed by atoms with E-state index in [-0.39, 0.29) is 11.4 Å². The van der Waals surface area contributed by atoms with E-state index in [4.69, 9.17) is 10.5 Å². The summed E-state index contributed by atoms with van der Waals surface area (Å²) in [5.74, 6) is 0.763. The number of halogens is 1. The van der Waals surface area contributed by atoms with Gasteiger partial charge in [-0.2, -0.15) is 0 Å². The number of nitrogens with zero attached hydrogens (tertiary/aromatic N) is 1. The molecule has 0 unspecified atom stereocenters. The van der Waals surface area contributed by atoms with E-state index in [1.165, 1.54) is 12.1 Å². The molecule has 0 saturated heterocycles. The summed E-state index contributed by atoms with van der Waals surface area (Å²) in [7, 11) is -3.27. The van der Waals surface area contributed by atoms with Crippen LogP contribution in [-0.2, 0) is 16.4 Å². The smallest absolute Gasteiger partial charge is 0.223 e. The largest absolute Gasteiger partial charge is 0.439 e. The van der Waals surface area contributed by atoms with Gasteiger partial charge < -0.3 is 10.5 Å². The second-order valence-electron chi connectivity index (χ2n) is 4.17. The zero-order chi connectivity index (χ0) is 14.8. The summed E-state index contributed by atoms with van der Waals surface area (Å²) in [5.41, 5.74) is 6.36. The standard InChI is InChI=1S/C13H13BrN2O3S/c1-20(17,18)12-4-2-3-11(6-12)19-13-9(7-15)5-10(14)8-16-13/h2-6,8H,7,15H2,1H3. The van der Waals surface area contributed by atoms with Gasteiger partial charge in [0, 0.05) is 29.0 Å². The van der Waals surface area contributed by atoms with Crippen LogP contribution in [0.25, 0.3) is 0 Å². The third kappa shape index (κ3) is 3.56. The van der Waals surface area contributed by atoms with Gasteiger partial charge in [-0.1, -0.05) is 6.07 Å². The average Bonchev–Trinajstić information content (AvgIpc) is 2.40. The molecule has 1 aromatic heterocycles. The quantitative estimate of drug-likeness (QED) is 0.909. The van der Waals surface area contributed by atoms with Crippen molar-refractivity contribution in [3.05, 3.63) is 46.6 Å². The topological polar surface area (TPSA) is 82.3 Å². The maximum Gasteiger partial charge on any atom is 0.223 e. The Morgan fingerprint density at radius 3 is 2.75 bits per heavy atom. The number of hydrogen-bond acceptors (Lipinski definition) is 5. The van der Waals surface area contributed by atoms with Gasteiger partial charge in [0.15, 0.2) is 9.84 Å². The fourth-order valence-electron chi connectivity index (χ4n) is 1.59. The van der Waals surface area contributed by atoms with E-state index in [0.717, 1.165) is 16.3 Å². The zero-order valence-corrected chi connectivity index (χ0v) is 13.1. The molecule has 5 nitrogen and oxygen atoms in total. The van der Waals surface area contributed by atoms with E-state index >= 15 is 0 Å². The fraction of sp³-hybridized carbons (Fsp3) is 0.154. The minimum Gasteiger partial charge on any atom is -0.439 e. The van der Waals surface area contributed by atoms with E-state index in [1.54, 1.807) is 18.3 Å². The number of ether oxygens (including phenoxy) is 1. The first-order valence-electron chi connectivity index (χ1n) is 5.72. The van der Waals surface area contributed by atoms with Gasteiger partial charge in [0.05, 0.1) is 4.90 Å². The molecule has 20 heavy (non-hydrogen) atoms. The van der Waals surface area contributed by atoms with Crippen molar-refractivity contribution in [3.8, 4) is 11.6 Å². The number of rotatable bonds is 4. The van der Waals surface area contributed by atoms with Crippen molar-refractivity contribution < 1.29 is 13.2 Å². The third-order valence-electron chi connectivity index (χ3n) is 2.56. The molecular weight excluding hydrogens is 344 g/mol. The molecule has 0 spiro atoms. The first-order chi connectivity index (χ1) is 9.40. The molecule has 0 aliphatic carbocycles. The molecule has 0 amide bonds. The van der Waals surface area contributed by atoms with Crippen molar-refractivity contribution in [2.45, 2.75) is 11.4 Å². The van der Waals surface area contributed by atoms with Crippen LogP contribution in [-0.4, -0.2) is 19.7 Å². The minimum atomic E-state index is -3.27. The van der Waals surface area contributed by atoms with Gasteiger partial charge >= 0.3 is 0 Å². The highest BCUT2D eigenvalue weighted by Gasteiger charge is 2.10. The predicted octanol–water partition coefficient (Wildman–Crippen LogP) is 2.50. The number of hydrogen-bond donors (Lipinski definition) is 1. The summed E-state index contributed by atoms with van der Waals surface area (Å²) >= 11 is 3.31. The zero-order valence-electron chi connectivity index (χ0n) is 10.7. The van der Waals surface area contributed by atoms with Crippen molar-refractivity contribution >= 4 is 25.8 Å².